The van der Waals surface area contributed by atoms with E-state index in [0.717, 1.165) is 12.8 Å². The van der Waals surface area contributed by atoms with E-state index in [2.05, 4.69) is 10.4 Å². The van der Waals surface area contributed by atoms with Crippen molar-refractivity contribution < 1.29 is 9.59 Å². The molecule has 6 nitrogen and oxygen atoms in total. The van der Waals surface area contributed by atoms with Crippen molar-refractivity contribution in [2.45, 2.75) is 33.2 Å². The number of anilines is 1. The van der Waals surface area contributed by atoms with Gasteiger partial charge in [0, 0.05) is 23.9 Å². The van der Waals surface area contributed by atoms with Gasteiger partial charge >= 0.3 is 0 Å². The Bertz CT molecular complexity index is 763. The van der Waals surface area contributed by atoms with Crippen LogP contribution in [0.1, 0.15) is 47.5 Å². The molecule has 2 rings (SSSR count). The fourth-order valence-electron chi connectivity index (χ4n) is 2.02. The van der Waals surface area contributed by atoms with Gasteiger partial charge in [-0.15, -0.1) is 0 Å². The number of amides is 1. The summed E-state index contributed by atoms with van der Waals surface area (Å²) in [6.07, 6.45) is 1.76. The van der Waals surface area contributed by atoms with Crippen molar-refractivity contribution >= 4 is 17.4 Å². The number of rotatable bonds is 6. The van der Waals surface area contributed by atoms with E-state index in [-0.39, 0.29) is 17.0 Å². The molecule has 120 valence electrons. The molecule has 1 N–H and O–H groups in total. The predicted molar refractivity (Wildman–Crippen MR) is 87.8 cm³/mol. The van der Waals surface area contributed by atoms with E-state index in [0.29, 0.717) is 17.8 Å². The number of aromatic nitrogens is 2. The summed E-state index contributed by atoms with van der Waals surface area (Å²) in [5.74, 6) is -0.432. The van der Waals surface area contributed by atoms with Crippen LogP contribution < -0.4 is 10.9 Å². The number of nitrogens with zero attached hydrogens (tertiary/aromatic N) is 2. The molecule has 0 spiro atoms. The average Bonchev–Trinajstić information content (AvgIpc) is 2.54. The van der Waals surface area contributed by atoms with Gasteiger partial charge < -0.3 is 5.32 Å². The lowest BCUT2D eigenvalue weighted by molar-refractivity contribution is 0.101. The molecule has 1 aromatic carbocycles. The first-order chi connectivity index (χ1) is 11.0. The van der Waals surface area contributed by atoms with Crippen molar-refractivity contribution in [2.75, 3.05) is 5.32 Å². The highest BCUT2D eigenvalue weighted by molar-refractivity contribution is 6.03. The molecule has 1 amide bonds. The predicted octanol–water partition coefficient (Wildman–Crippen LogP) is 2.50. The highest BCUT2D eigenvalue weighted by atomic mass is 16.2. The molecular weight excluding hydrogens is 294 g/mol. The molecule has 0 aliphatic heterocycles. The Balaban J connectivity index is 2.14. The molecule has 1 heterocycles. The fraction of sp³-hybridized carbons (Fsp3) is 0.294. The molecule has 1 aromatic heterocycles. The van der Waals surface area contributed by atoms with Crippen LogP contribution >= 0.6 is 0 Å². The van der Waals surface area contributed by atoms with Crippen LogP contribution in [0.4, 0.5) is 5.69 Å². The van der Waals surface area contributed by atoms with Crippen molar-refractivity contribution in [3.63, 3.8) is 0 Å². The maximum atomic E-state index is 12.2. The third-order valence-electron chi connectivity index (χ3n) is 3.37. The average molecular weight is 313 g/mol. The highest BCUT2D eigenvalue weighted by Crippen LogP contribution is 2.11. The third-order valence-corrected chi connectivity index (χ3v) is 3.37. The van der Waals surface area contributed by atoms with E-state index >= 15 is 0 Å². The first-order valence-electron chi connectivity index (χ1n) is 7.51. The lowest BCUT2D eigenvalue weighted by Crippen LogP contribution is -2.26. The van der Waals surface area contributed by atoms with E-state index in [1.807, 2.05) is 6.92 Å². The number of carbonyl (C=O) groups is 2. The van der Waals surface area contributed by atoms with Crippen molar-refractivity contribution in [3.8, 4) is 0 Å². The summed E-state index contributed by atoms with van der Waals surface area (Å²) < 4.78 is 1.30. The molecule has 0 aliphatic rings. The minimum Gasteiger partial charge on any atom is -0.321 e. The number of aryl methyl sites for hydroxylation is 1. The van der Waals surface area contributed by atoms with Crippen LogP contribution in [-0.2, 0) is 6.54 Å². The zero-order valence-electron chi connectivity index (χ0n) is 13.2. The van der Waals surface area contributed by atoms with Crippen molar-refractivity contribution in [1.29, 1.82) is 0 Å². The first kappa shape index (κ1) is 16.6. The number of nitrogens with one attached hydrogen (secondary N) is 1. The fourth-order valence-corrected chi connectivity index (χ4v) is 2.02. The molecular formula is C17H19N3O3. The number of carbonyl (C=O) groups excluding carboxylic acids is 2. The minimum absolute atomic E-state index is 0.0347. The Morgan fingerprint density at radius 3 is 2.43 bits per heavy atom. The summed E-state index contributed by atoms with van der Waals surface area (Å²) >= 11 is 0. The topological polar surface area (TPSA) is 81.1 Å². The van der Waals surface area contributed by atoms with Crippen LogP contribution in [0.25, 0.3) is 0 Å². The molecule has 0 saturated carbocycles. The largest absolute Gasteiger partial charge is 0.321 e. The molecule has 0 radical (unpaired) electrons. The monoisotopic (exact) mass is 313 g/mol. The molecule has 23 heavy (non-hydrogen) atoms. The van der Waals surface area contributed by atoms with Crippen molar-refractivity contribution in [3.05, 3.63) is 58.0 Å². The van der Waals surface area contributed by atoms with Gasteiger partial charge in [0.05, 0.1) is 0 Å². The zero-order chi connectivity index (χ0) is 16.8. The summed E-state index contributed by atoms with van der Waals surface area (Å²) in [5, 5.41) is 6.79. The standard InChI is InChI=1S/C17H19N3O3/c1-3-4-11-20-16(22)10-9-15(19-20)17(23)18-14-7-5-13(6-8-14)12(2)21/h5-10H,3-4,11H2,1-2H3,(H,18,23). The van der Waals surface area contributed by atoms with E-state index < -0.39 is 5.91 Å². The normalized spacial score (nSPS) is 10.3. The van der Waals surface area contributed by atoms with Gasteiger partial charge in [-0.25, -0.2) is 4.68 Å². The van der Waals surface area contributed by atoms with Crippen LogP contribution in [0, 0.1) is 0 Å². The minimum atomic E-state index is -0.397. The molecule has 0 unspecified atom stereocenters. The maximum Gasteiger partial charge on any atom is 0.276 e. The Labute approximate surface area is 134 Å². The Morgan fingerprint density at radius 2 is 1.83 bits per heavy atom. The lowest BCUT2D eigenvalue weighted by atomic mass is 10.1. The van der Waals surface area contributed by atoms with E-state index in [9.17, 15) is 14.4 Å². The number of hydrogen-bond acceptors (Lipinski definition) is 4. The van der Waals surface area contributed by atoms with Gasteiger partial charge in [-0.05, 0) is 43.7 Å². The second-order valence-corrected chi connectivity index (χ2v) is 5.22. The van der Waals surface area contributed by atoms with Gasteiger partial charge in [0.2, 0.25) is 0 Å². The van der Waals surface area contributed by atoms with E-state index in [1.54, 1.807) is 24.3 Å². The lowest BCUT2D eigenvalue weighted by Gasteiger charge is -2.08. The van der Waals surface area contributed by atoms with Crippen molar-refractivity contribution in [1.82, 2.24) is 9.78 Å². The molecule has 0 atom stereocenters. The van der Waals surface area contributed by atoms with E-state index in [1.165, 1.54) is 23.7 Å². The Kier molecular flexibility index (Phi) is 5.41. The van der Waals surface area contributed by atoms with Gasteiger partial charge in [-0.1, -0.05) is 13.3 Å². The number of hydrogen-bond donors (Lipinski definition) is 1. The number of ketones is 1. The molecule has 6 heteroatoms. The number of unbranched alkanes of at least 4 members (excludes halogenated alkanes) is 1. The smallest absolute Gasteiger partial charge is 0.276 e. The summed E-state index contributed by atoms with van der Waals surface area (Å²) in [7, 11) is 0. The van der Waals surface area contributed by atoms with Crippen LogP contribution in [-0.4, -0.2) is 21.5 Å². The number of Topliss-reactive ketones (excluding diaryl/α,β-unsaturated/α-hetero) is 1. The SMILES string of the molecule is CCCCn1nc(C(=O)Nc2ccc(C(C)=O)cc2)ccc1=O. The first-order valence-corrected chi connectivity index (χ1v) is 7.51. The van der Waals surface area contributed by atoms with Gasteiger partial charge in [0.25, 0.3) is 11.5 Å². The molecule has 0 saturated heterocycles. The summed E-state index contributed by atoms with van der Waals surface area (Å²) in [6, 6.07) is 9.35. The Hall–Kier alpha value is -2.76. The van der Waals surface area contributed by atoms with Crippen LogP contribution in [0.2, 0.25) is 0 Å². The van der Waals surface area contributed by atoms with Crippen molar-refractivity contribution in [2.24, 2.45) is 0 Å². The molecule has 2 aromatic rings. The van der Waals surface area contributed by atoms with Crippen LogP contribution in [0.5, 0.6) is 0 Å². The van der Waals surface area contributed by atoms with Gasteiger partial charge in [-0.3, -0.25) is 14.4 Å². The highest BCUT2D eigenvalue weighted by Gasteiger charge is 2.10. The second-order valence-electron chi connectivity index (χ2n) is 5.22. The van der Waals surface area contributed by atoms with Crippen LogP contribution in [0.15, 0.2) is 41.2 Å². The summed E-state index contributed by atoms with van der Waals surface area (Å²) in [5.41, 5.74) is 1.10. The Morgan fingerprint density at radius 1 is 1.13 bits per heavy atom. The molecule has 0 bridgehead atoms. The van der Waals surface area contributed by atoms with Gasteiger partial charge in [-0.2, -0.15) is 5.10 Å². The zero-order valence-corrected chi connectivity index (χ0v) is 13.2. The number of benzene rings is 1. The maximum absolute atomic E-state index is 12.2. The van der Waals surface area contributed by atoms with Gasteiger partial charge in [0.1, 0.15) is 5.69 Å². The molecule has 0 fully saturated rings. The quantitative estimate of drug-likeness (QED) is 0.831. The second kappa shape index (κ2) is 7.49. The summed E-state index contributed by atoms with van der Waals surface area (Å²) in [4.78, 5) is 35.1. The molecule has 0 aliphatic carbocycles. The summed E-state index contributed by atoms with van der Waals surface area (Å²) in [6.45, 7) is 3.99. The van der Waals surface area contributed by atoms with E-state index in [4.69, 9.17) is 0 Å². The van der Waals surface area contributed by atoms with Crippen LogP contribution in [0.3, 0.4) is 0 Å². The van der Waals surface area contributed by atoms with Gasteiger partial charge in [0.15, 0.2) is 5.78 Å². The third kappa shape index (κ3) is 4.35.